The highest BCUT2D eigenvalue weighted by molar-refractivity contribution is 9.10. The molecule has 1 aromatic heterocycles. The van der Waals surface area contributed by atoms with Gasteiger partial charge in [-0.1, -0.05) is 17.7 Å². The number of esters is 1. The molecule has 2 aliphatic heterocycles. The Labute approximate surface area is 195 Å². The molecule has 9 heteroatoms. The van der Waals surface area contributed by atoms with Crippen LogP contribution in [0.1, 0.15) is 55.3 Å². The predicted octanol–water partition coefficient (Wildman–Crippen LogP) is 4.66. The lowest BCUT2D eigenvalue weighted by Crippen LogP contribution is -2.32. The number of likely N-dealkylation sites (tertiary alicyclic amines) is 1. The van der Waals surface area contributed by atoms with E-state index in [1.54, 1.807) is 6.07 Å². The van der Waals surface area contributed by atoms with E-state index in [0.29, 0.717) is 22.9 Å². The summed E-state index contributed by atoms with van der Waals surface area (Å²) in [4.78, 5) is 27.5. The summed E-state index contributed by atoms with van der Waals surface area (Å²) in [5.41, 5.74) is 1.93. The van der Waals surface area contributed by atoms with Gasteiger partial charge in [0.15, 0.2) is 5.69 Å². The molecule has 1 amide bonds. The number of carbonyl (C=O) groups is 2. The second kappa shape index (κ2) is 9.30. The van der Waals surface area contributed by atoms with Crippen LogP contribution in [0.15, 0.2) is 28.7 Å². The zero-order valence-corrected chi connectivity index (χ0v) is 19.9. The van der Waals surface area contributed by atoms with Crippen molar-refractivity contribution in [1.29, 1.82) is 0 Å². The van der Waals surface area contributed by atoms with Gasteiger partial charge in [-0.15, -0.1) is 0 Å². The second-order valence-electron chi connectivity index (χ2n) is 8.36. The number of amides is 1. The molecule has 0 unspecified atom stereocenters. The molecule has 2 atom stereocenters. The number of hydrogen-bond acceptors (Lipinski definition) is 5. The van der Waals surface area contributed by atoms with Crippen LogP contribution in [-0.4, -0.2) is 45.8 Å². The van der Waals surface area contributed by atoms with Crippen LogP contribution in [-0.2, 0) is 16.1 Å². The Bertz CT molecular complexity index is 993. The first kappa shape index (κ1) is 22.3. The van der Waals surface area contributed by atoms with E-state index in [2.05, 4.69) is 31.2 Å². The summed E-state index contributed by atoms with van der Waals surface area (Å²) in [6.07, 6.45) is 2.66. The van der Waals surface area contributed by atoms with Gasteiger partial charge in [0.1, 0.15) is 0 Å². The van der Waals surface area contributed by atoms with Gasteiger partial charge in [-0.05, 0) is 73.8 Å². The van der Waals surface area contributed by atoms with Crippen LogP contribution in [0.25, 0.3) is 0 Å². The number of benzene rings is 1. The van der Waals surface area contributed by atoms with E-state index < -0.39 is 0 Å². The average Bonchev–Trinajstić information content (AvgIpc) is 3.38. The molecule has 7 nitrogen and oxygen atoms in total. The lowest BCUT2D eigenvalue weighted by Gasteiger charge is -2.31. The summed E-state index contributed by atoms with van der Waals surface area (Å²) in [6.45, 7) is 6.04. The van der Waals surface area contributed by atoms with E-state index in [4.69, 9.17) is 16.3 Å². The minimum atomic E-state index is -0.291. The number of rotatable bonds is 5. The first-order valence-corrected chi connectivity index (χ1v) is 11.8. The third-order valence-corrected chi connectivity index (χ3v) is 7.07. The van der Waals surface area contributed by atoms with E-state index in [1.165, 1.54) is 0 Å². The third kappa shape index (κ3) is 4.81. The maximum atomic E-state index is 12.8. The molecule has 0 bridgehead atoms. The highest BCUT2D eigenvalue weighted by Crippen LogP contribution is 2.35. The summed E-state index contributed by atoms with van der Waals surface area (Å²) in [6, 6.07) is 7.40. The maximum absolute atomic E-state index is 12.8. The Morgan fingerprint density at radius 1 is 1.29 bits per heavy atom. The van der Waals surface area contributed by atoms with Crippen molar-refractivity contribution < 1.29 is 14.3 Å². The maximum Gasteiger partial charge on any atom is 0.310 e. The number of nitrogens with one attached hydrogen (secondary N) is 1. The summed E-state index contributed by atoms with van der Waals surface area (Å²) in [5.74, 6) is -0.504. The van der Waals surface area contributed by atoms with Crippen molar-refractivity contribution in [3.63, 3.8) is 0 Å². The van der Waals surface area contributed by atoms with Crippen molar-refractivity contribution in [1.82, 2.24) is 14.7 Å². The fourth-order valence-electron chi connectivity index (χ4n) is 4.32. The molecular formula is C22H26BrClN4O3. The summed E-state index contributed by atoms with van der Waals surface area (Å²) < 4.78 is 8.04. The molecule has 1 N–H and O–H groups in total. The normalized spacial score (nSPS) is 21.2. The van der Waals surface area contributed by atoms with Gasteiger partial charge < -0.3 is 10.1 Å². The fraction of sp³-hybridized carbons (Fsp3) is 0.500. The quantitative estimate of drug-likeness (QED) is 0.593. The van der Waals surface area contributed by atoms with Gasteiger partial charge in [0.2, 0.25) is 0 Å². The number of aromatic nitrogens is 2. The Morgan fingerprint density at radius 2 is 2.10 bits per heavy atom. The molecule has 0 radical (unpaired) electrons. The van der Waals surface area contributed by atoms with Crippen molar-refractivity contribution in [3.05, 3.63) is 45.1 Å². The fourth-order valence-corrected chi connectivity index (χ4v) is 4.86. The van der Waals surface area contributed by atoms with Crippen molar-refractivity contribution >= 4 is 45.1 Å². The van der Waals surface area contributed by atoms with Crippen LogP contribution in [0.3, 0.4) is 0 Å². The zero-order chi connectivity index (χ0) is 22.1. The second-order valence-corrected chi connectivity index (χ2v) is 9.59. The van der Waals surface area contributed by atoms with Gasteiger partial charge >= 0.3 is 5.97 Å². The number of fused-ring (bicyclic) bond motifs is 1. The topological polar surface area (TPSA) is 76.5 Å². The zero-order valence-electron chi connectivity index (χ0n) is 17.6. The molecule has 1 saturated heterocycles. The number of aryl methyl sites for hydroxylation is 1. The highest BCUT2D eigenvalue weighted by atomic mass is 79.9. The van der Waals surface area contributed by atoms with E-state index in [-0.39, 0.29) is 29.9 Å². The third-order valence-electron chi connectivity index (χ3n) is 5.78. The number of nitrogens with zero attached hydrogens (tertiary/aromatic N) is 3. The van der Waals surface area contributed by atoms with Gasteiger partial charge in [-0.3, -0.25) is 19.2 Å². The molecule has 0 spiro atoms. The first-order chi connectivity index (χ1) is 14.8. The highest BCUT2D eigenvalue weighted by Gasteiger charge is 2.37. The van der Waals surface area contributed by atoms with Crippen LogP contribution >= 0.6 is 27.5 Å². The monoisotopic (exact) mass is 508 g/mol. The van der Waals surface area contributed by atoms with Crippen LogP contribution in [0.2, 0.25) is 5.02 Å². The van der Waals surface area contributed by atoms with Crippen molar-refractivity contribution in [2.24, 2.45) is 5.92 Å². The molecule has 1 fully saturated rings. The van der Waals surface area contributed by atoms with Crippen LogP contribution in [0, 0.1) is 5.92 Å². The van der Waals surface area contributed by atoms with Crippen LogP contribution in [0.5, 0.6) is 0 Å². The van der Waals surface area contributed by atoms with Gasteiger partial charge in [-0.25, -0.2) is 0 Å². The van der Waals surface area contributed by atoms with Crippen LogP contribution < -0.4 is 5.32 Å². The number of hydrogen-bond donors (Lipinski definition) is 1. The van der Waals surface area contributed by atoms with Gasteiger partial charge in [0.05, 0.1) is 34.5 Å². The van der Waals surface area contributed by atoms with E-state index in [9.17, 15) is 9.59 Å². The van der Waals surface area contributed by atoms with E-state index >= 15 is 0 Å². The summed E-state index contributed by atoms with van der Waals surface area (Å²) in [7, 11) is 0. The molecule has 1 aromatic carbocycles. The lowest BCUT2D eigenvalue weighted by molar-refractivity contribution is -0.151. The van der Waals surface area contributed by atoms with Gasteiger partial charge in [0, 0.05) is 17.6 Å². The standard InChI is InChI=1S/C22H26BrClN4O3/c1-13(2)31-22(30)14-8-10-27(12-14)18-7-4-9-28-19(18)11-17(26-28)21(29)25-16-6-3-5-15(23)20(16)24/h3,5-6,11,13-14,18H,4,7-10,12H2,1-2H3,(H,25,29)/t14-,18+/m1/s1. The molecule has 3 heterocycles. The largest absolute Gasteiger partial charge is 0.463 e. The van der Waals surface area contributed by atoms with Crippen molar-refractivity contribution in [3.8, 4) is 0 Å². The van der Waals surface area contributed by atoms with Crippen molar-refractivity contribution in [2.75, 3.05) is 18.4 Å². The average molecular weight is 510 g/mol. The van der Waals surface area contributed by atoms with Gasteiger partial charge in [-0.2, -0.15) is 5.10 Å². The number of carbonyl (C=O) groups excluding carboxylic acids is 2. The summed E-state index contributed by atoms with van der Waals surface area (Å²) >= 11 is 9.64. The number of anilines is 1. The Morgan fingerprint density at radius 3 is 2.87 bits per heavy atom. The van der Waals surface area contributed by atoms with E-state index in [1.807, 2.05) is 36.7 Å². The van der Waals surface area contributed by atoms with E-state index in [0.717, 1.165) is 42.5 Å². The molecule has 2 aromatic rings. The molecule has 166 valence electrons. The smallest absolute Gasteiger partial charge is 0.310 e. The predicted molar refractivity (Wildman–Crippen MR) is 122 cm³/mol. The molecular weight excluding hydrogens is 484 g/mol. The minimum Gasteiger partial charge on any atom is -0.463 e. The van der Waals surface area contributed by atoms with Crippen molar-refractivity contribution in [2.45, 2.75) is 51.8 Å². The van der Waals surface area contributed by atoms with Gasteiger partial charge in [0.25, 0.3) is 5.91 Å². The Hall–Kier alpha value is -1.90. The molecule has 0 aliphatic carbocycles. The molecule has 0 saturated carbocycles. The first-order valence-electron chi connectivity index (χ1n) is 10.6. The summed E-state index contributed by atoms with van der Waals surface area (Å²) in [5, 5.41) is 7.85. The van der Waals surface area contributed by atoms with Crippen LogP contribution in [0.4, 0.5) is 5.69 Å². The minimum absolute atomic E-state index is 0.0952. The SMILES string of the molecule is CC(C)OC(=O)[C@@H]1CCN([C@H]2CCCn3nc(C(=O)Nc4cccc(Br)c4Cl)cc32)C1. The Balaban J connectivity index is 1.48. The molecule has 2 aliphatic rings. The number of halogens is 2. The lowest BCUT2D eigenvalue weighted by atomic mass is 10.0. The molecule has 31 heavy (non-hydrogen) atoms. The number of ether oxygens (including phenoxy) is 1. The molecule has 4 rings (SSSR count). The Kier molecular flexibility index (Phi) is 6.69.